The summed E-state index contributed by atoms with van der Waals surface area (Å²) in [5.74, 6) is 1.19. The molecule has 0 saturated heterocycles. The second-order valence-electron chi connectivity index (χ2n) is 5.21. The topological polar surface area (TPSA) is 54.7 Å². The first-order valence-corrected chi connectivity index (χ1v) is 7.28. The minimum Gasteiger partial charge on any atom is -0.382 e. The number of nitrogens with two attached hydrogens (primary N) is 1. The summed E-state index contributed by atoms with van der Waals surface area (Å²) in [6, 6.07) is 10.6. The van der Waals surface area contributed by atoms with E-state index < -0.39 is 0 Å². The maximum Gasteiger partial charge on any atom is 0.149 e. The Kier molecular flexibility index (Phi) is 3.03. The van der Waals surface area contributed by atoms with Crippen LogP contribution in [0.15, 0.2) is 30.3 Å². The number of nitrogens with zero attached hydrogens (tertiary/aromatic N) is 1. The lowest BCUT2D eigenvalue weighted by Gasteiger charge is -2.05. The highest BCUT2D eigenvalue weighted by Gasteiger charge is 2.15. The SMILES string of the molecule is CC(C)Cc1c(N)n[nH]c1-c1cc2ccccc2s1. The van der Waals surface area contributed by atoms with Crippen LogP contribution in [0.25, 0.3) is 20.7 Å². The zero-order valence-electron chi connectivity index (χ0n) is 11.1. The third-order valence-electron chi connectivity index (χ3n) is 3.18. The molecule has 0 spiro atoms. The molecule has 0 atom stereocenters. The van der Waals surface area contributed by atoms with Gasteiger partial charge < -0.3 is 5.73 Å². The van der Waals surface area contributed by atoms with Crippen LogP contribution in [0.3, 0.4) is 0 Å². The van der Waals surface area contributed by atoms with Crippen molar-refractivity contribution in [3.63, 3.8) is 0 Å². The molecular formula is C15H17N3S. The summed E-state index contributed by atoms with van der Waals surface area (Å²) in [4.78, 5) is 1.21. The van der Waals surface area contributed by atoms with Crippen molar-refractivity contribution in [1.82, 2.24) is 10.2 Å². The molecule has 3 N–H and O–H groups in total. The predicted molar refractivity (Wildman–Crippen MR) is 82.4 cm³/mol. The molecule has 0 aliphatic rings. The summed E-state index contributed by atoms with van der Waals surface area (Å²) >= 11 is 1.78. The zero-order valence-corrected chi connectivity index (χ0v) is 11.9. The van der Waals surface area contributed by atoms with E-state index in [0.717, 1.165) is 17.7 Å². The number of rotatable bonds is 3. The van der Waals surface area contributed by atoms with Crippen LogP contribution in [0.5, 0.6) is 0 Å². The predicted octanol–water partition coefficient (Wildman–Crippen LogP) is 4.07. The van der Waals surface area contributed by atoms with E-state index in [1.807, 2.05) is 0 Å². The van der Waals surface area contributed by atoms with Crippen molar-refractivity contribution in [2.45, 2.75) is 20.3 Å². The molecule has 3 aromatic rings. The average Bonchev–Trinajstić information content (AvgIpc) is 2.93. The summed E-state index contributed by atoms with van der Waals surface area (Å²) in [5, 5.41) is 8.54. The van der Waals surface area contributed by atoms with E-state index >= 15 is 0 Å². The van der Waals surface area contributed by atoms with E-state index in [0.29, 0.717) is 11.7 Å². The van der Waals surface area contributed by atoms with Gasteiger partial charge in [0.2, 0.25) is 0 Å². The van der Waals surface area contributed by atoms with Crippen LogP contribution in [0.1, 0.15) is 19.4 Å². The van der Waals surface area contributed by atoms with Gasteiger partial charge in [-0.1, -0.05) is 32.0 Å². The van der Waals surface area contributed by atoms with E-state index in [-0.39, 0.29) is 0 Å². The molecule has 0 bridgehead atoms. The highest BCUT2D eigenvalue weighted by Crippen LogP contribution is 2.36. The summed E-state index contributed by atoms with van der Waals surface area (Å²) in [7, 11) is 0. The van der Waals surface area contributed by atoms with Gasteiger partial charge in [-0.25, -0.2) is 0 Å². The first-order chi connectivity index (χ1) is 9.15. The second kappa shape index (κ2) is 4.70. The number of hydrogen-bond donors (Lipinski definition) is 2. The van der Waals surface area contributed by atoms with E-state index in [2.05, 4.69) is 54.4 Å². The van der Waals surface area contributed by atoms with Crippen molar-refractivity contribution in [3.05, 3.63) is 35.9 Å². The number of H-pyrrole nitrogens is 1. The molecule has 0 fully saturated rings. The summed E-state index contributed by atoms with van der Waals surface area (Å²) < 4.78 is 1.29. The van der Waals surface area contributed by atoms with Crippen LogP contribution < -0.4 is 5.73 Å². The molecule has 3 nitrogen and oxygen atoms in total. The van der Waals surface area contributed by atoms with E-state index in [1.165, 1.54) is 15.0 Å². The van der Waals surface area contributed by atoms with Crippen LogP contribution >= 0.6 is 11.3 Å². The first kappa shape index (κ1) is 12.2. The Morgan fingerprint density at radius 1 is 1.32 bits per heavy atom. The zero-order chi connectivity index (χ0) is 13.4. The molecule has 3 rings (SSSR count). The van der Waals surface area contributed by atoms with Gasteiger partial charge in [-0.05, 0) is 29.9 Å². The molecule has 0 amide bonds. The monoisotopic (exact) mass is 271 g/mol. The lowest BCUT2D eigenvalue weighted by Crippen LogP contribution is -1.98. The van der Waals surface area contributed by atoms with Gasteiger partial charge in [0.1, 0.15) is 5.82 Å². The number of nitrogens with one attached hydrogen (secondary N) is 1. The molecule has 1 aromatic carbocycles. The highest BCUT2D eigenvalue weighted by atomic mass is 32.1. The summed E-state index contributed by atoms with van der Waals surface area (Å²) in [6.07, 6.45) is 0.950. The molecule has 0 unspecified atom stereocenters. The Hall–Kier alpha value is -1.81. The van der Waals surface area contributed by atoms with Gasteiger partial charge in [0, 0.05) is 10.3 Å². The van der Waals surface area contributed by atoms with E-state index in [1.54, 1.807) is 11.3 Å². The number of nitrogen functional groups attached to an aromatic ring is 1. The molecule has 19 heavy (non-hydrogen) atoms. The fraction of sp³-hybridized carbons (Fsp3) is 0.267. The van der Waals surface area contributed by atoms with Gasteiger partial charge in [-0.15, -0.1) is 11.3 Å². The standard InChI is InChI=1S/C15H17N3S/c1-9(2)7-11-14(17-18-15(11)16)13-8-10-5-3-4-6-12(10)19-13/h3-6,8-9H,7H2,1-2H3,(H3,16,17,18). The van der Waals surface area contributed by atoms with Crippen molar-refractivity contribution in [2.24, 2.45) is 5.92 Å². The summed E-state index contributed by atoms with van der Waals surface area (Å²) in [5.41, 5.74) is 8.20. The fourth-order valence-electron chi connectivity index (χ4n) is 2.30. The molecule has 0 saturated carbocycles. The molecule has 2 aromatic heterocycles. The van der Waals surface area contributed by atoms with Crippen LogP contribution in [0.2, 0.25) is 0 Å². The van der Waals surface area contributed by atoms with Gasteiger partial charge >= 0.3 is 0 Å². The normalized spacial score (nSPS) is 11.5. The molecule has 2 heterocycles. The molecular weight excluding hydrogens is 254 g/mol. The largest absolute Gasteiger partial charge is 0.382 e. The quantitative estimate of drug-likeness (QED) is 0.754. The second-order valence-corrected chi connectivity index (χ2v) is 6.29. The number of hydrogen-bond acceptors (Lipinski definition) is 3. The third kappa shape index (κ3) is 2.24. The van der Waals surface area contributed by atoms with Crippen LogP contribution in [-0.2, 0) is 6.42 Å². The van der Waals surface area contributed by atoms with Crippen molar-refractivity contribution in [3.8, 4) is 10.6 Å². The number of anilines is 1. The average molecular weight is 271 g/mol. The Morgan fingerprint density at radius 2 is 2.11 bits per heavy atom. The first-order valence-electron chi connectivity index (χ1n) is 6.47. The molecule has 0 aliphatic carbocycles. The minimum absolute atomic E-state index is 0.563. The number of aromatic nitrogens is 2. The van der Waals surface area contributed by atoms with Gasteiger partial charge in [0.15, 0.2) is 0 Å². The molecule has 0 radical (unpaired) electrons. The van der Waals surface area contributed by atoms with E-state index in [9.17, 15) is 0 Å². The van der Waals surface area contributed by atoms with E-state index in [4.69, 9.17) is 5.73 Å². The minimum atomic E-state index is 0.563. The summed E-state index contributed by atoms with van der Waals surface area (Å²) in [6.45, 7) is 4.39. The Morgan fingerprint density at radius 3 is 2.84 bits per heavy atom. The van der Waals surface area contributed by atoms with Crippen molar-refractivity contribution >= 4 is 27.2 Å². The highest BCUT2D eigenvalue weighted by molar-refractivity contribution is 7.22. The number of benzene rings is 1. The number of aromatic amines is 1. The molecule has 0 aliphatic heterocycles. The fourth-order valence-corrected chi connectivity index (χ4v) is 3.39. The molecule has 4 heteroatoms. The number of thiophene rings is 1. The van der Waals surface area contributed by atoms with Gasteiger partial charge in [-0.2, -0.15) is 5.10 Å². The van der Waals surface area contributed by atoms with Crippen LogP contribution in [-0.4, -0.2) is 10.2 Å². The lowest BCUT2D eigenvalue weighted by atomic mass is 10.0. The van der Waals surface area contributed by atoms with Gasteiger partial charge in [0.05, 0.1) is 10.6 Å². The Labute approximate surface area is 116 Å². The van der Waals surface area contributed by atoms with Crippen LogP contribution in [0, 0.1) is 5.92 Å². The van der Waals surface area contributed by atoms with Crippen LogP contribution in [0.4, 0.5) is 5.82 Å². The Bertz CT molecular complexity index is 676. The van der Waals surface area contributed by atoms with Crippen molar-refractivity contribution in [2.75, 3.05) is 5.73 Å². The smallest absolute Gasteiger partial charge is 0.149 e. The third-order valence-corrected chi connectivity index (χ3v) is 4.32. The maximum absolute atomic E-state index is 5.98. The Balaban J connectivity index is 2.10. The van der Waals surface area contributed by atoms with Gasteiger partial charge in [0.25, 0.3) is 0 Å². The van der Waals surface area contributed by atoms with Gasteiger partial charge in [-0.3, -0.25) is 5.10 Å². The van der Waals surface area contributed by atoms with Crippen molar-refractivity contribution < 1.29 is 0 Å². The lowest BCUT2D eigenvalue weighted by molar-refractivity contribution is 0.649. The molecule has 98 valence electrons. The van der Waals surface area contributed by atoms with Crippen molar-refractivity contribution in [1.29, 1.82) is 0 Å². The number of fused-ring (bicyclic) bond motifs is 1. The maximum atomic E-state index is 5.98.